The van der Waals surface area contributed by atoms with Crippen molar-refractivity contribution in [2.75, 3.05) is 0 Å². The Bertz CT molecular complexity index is 504. The van der Waals surface area contributed by atoms with Gasteiger partial charge in [0.25, 0.3) is 5.60 Å². The van der Waals surface area contributed by atoms with E-state index in [9.17, 15) is 29.4 Å². The number of aliphatic hydroxyl groups is 2. The number of alkyl halides is 1. The first-order valence-electron chi connectivity index (χ1n) is 5.66. The Morgan fingerprint density at radius 2 is 1.62 bits per heavy atom. The van der Waals surface area contributed by atoms with Crippen LogP contribution in [0, 0.1) is 0 Å². The lowest BCUT2D eigenvalue weighted by Crippen LogP contribution is -2.74. The second-order valence-corrected chi connectivity index (χ2v) is 5.37. The number of carbonyl (C=O) groups is 4. The highest BCUT2D eigenvalue weighted by atomic mass is 79.9. The van der Waals surface area contributed by atoms with Crippen molar-refractivity contribution in [1.29, 1.82) is 0 Å². The minimum atomic E-state index is -2.65. The summed E-state index contributed by atoms with van der Waals surface area (Å²) in [7, 11) is 0. The Balaban J connectivity index is 3.53. The molecule has 0 aromatic rings. The van der Waals surface area contributed by atoms with Crippen LogP contribution in [0.15, 0.2) is 0 Å². The topological polar surface area (TPSA) is 136 Å². The van der Waals surface area contributed by atoms with Crippen LogP contribution >= 0.6 is 15.9 Å². The molecule has 9 nitrogen and oxygen atoms in total. The molecule has 1 aliphatic rings. The van der Waals surface area contributed by atoms with E-state index in [1.54, 1.807) is 0 Å². The van der Waals surface area contributed by atoms with E-state index in [4.69, 9.17) is 9.47 Å². The van der Waals surface area contributed by atoms with Gasteiger partial charge in [-0.25, -0.2) is 4.79 Å². The third-order valence-electron chi connectivity index (χ3n) is 2.74. The van der Waals surface area contributed by atoms with E-state index in [1.807, 2.05) is 0 Å². The van der Waals surface area contributed by atoms with Crippen LogP contribution in [0.25, 0.3) is 0 Å². The van der Waals surface area contributed by atoms with Crippen LogP contribution in [0.4, 0.5) is 0 Å². The van der Waals surface area contributed by atoms with Crippen LogP contribution in [-0.4, -0.2) is 56.4 Å². The van der Waals surface area contributed by atoms with Crippen molar-refractivity contribution in [3.63, 3.8) is 0 Å². The Kier molecular flexibility index (Phi) is 4.76. The monoisotopic (exact) mass is 368 g/mol. The maximum atomic E-state index is 12.0. The predicted octanol–water partition coefficient (Wildman–Crippen LogP) is -1.23. The van der Waals surface area contributed by atoms with Crippen molar-refractivity contribution in [2.45, 2.75) is 43.3 Å². The van der Waals surface area contributed by atoms with Crippen molar-refractivity contribution in [1.82, 2.24) is 0 Å². The number of aliphatic hydroxyl groups excluding tert-OH is 2. The average Bonchev–Trinajstić information content (AvgIpc) is 2.30. The zero-order chi connectivity index (χ0) is 16.6. The number of rotatable bonds is 3. The average molecular weight is 369 g/mol. The molecule has 4 atom stereocenters. The molecule has 0 aromatic carbocycles. The third kappa shape index (κ3) is 2.78. The standard InChI is InChI=1S/C11H13BrO9/c1-4(13)10(19-5(2)14)8(17)7(16)9(18)21-11(10,12)20-6(3)15/h7-8,16-17H,1-3H3/t7-,8-,10+,11?/m0/s1. The first-order valence-corrected chi connectivity index (χ1v) is 6.45. The van der Waals surface area contributed by atoms with Crippen LogP contribution < -0.4 is 0 Å². The number of halogens is 1. The zero-order valence-electron chi connectivity index (χ0n) is 11.3. The van der Waals surface area contributed by atoms with Gasteiger partial charge in [0.2, 0.25) is 0 Å². The summed E-state index contributed by atoms with van der Waals surface area (Å²) >= 11 is 2.70. The smallest absolute Gasteiger partial charge is 0.364 e. The van der Waals surface area contributed by atoms with Crippen LogP contribution in [-0.2, 0) is 33.4 Å². The quantitative estimate of drug-likeness (QED) is 0.463. The van der Waals surface area contributed by atoms with E-state index in [-0.39, 0.29) is 0 Å². The molecule has 0 radical (unpaired) electrons. The lowest BCUT2D eigenvalue weighted by Gasteiger charge is -2.48. The van der Waals surface area contributed by atoms with Crippen LogP contribution in [0.1, 0.15) is 20.8 Å². The van der Waals surface area contributed by atoms with E-state index in [1.165, 1.54) is 0 Å². The first-order chi connectivity index (χ1) is 9.48. The van der Waals surface area contributed by atoms with E-state index >= 15 is 0 Å². The van der Waals surface area contributed by atoms with Gasteiger partial charge in [-0.3, -0.25) is 14.4 Å². The molecule has 21 heavy (non-hydrogen) atoms. The number of ketones is 1. The number of hydrogen-bond acceptors (Lipinski definition) is 9. The number of esters is 3. The molecule has 0 saturated carbocycles. The Morgan fingerprint density at radius 3 is 2.00 bits per heavy atom. The number of Topliss-reactive ketones (excluding diaryl/α,β-unsaturated/α-hetero) is 1. The van der Waals surface area contributed by atoms with Gasteiger partial charge in [0.15, 0.2) is 11.9 Å². The highest BCUT2D eigenvalue weighted by Gasteiger charge is 2.72. The molecule has 0 spiro atoms. The molecule has 0 aliphatic carbocycles. The highest BCUT2D eigenvalue weighted by molar-refractivity contribution is 9.10. The molecule has 1 heterocycles. The highest BCUT2D eigenvalue weighted by Crippen LogP contribution is 2.45. The largest absolute Gasteiger partial charge is 0.439 e. The van der Waals surface area contributed by atoms with Crippen molar-refractivity contribution in [3.05, 3.63) is 0 Å². The molecule has 2 N–H and O–H groups in total. The summed E-state index contributed by atoms with van der Waals surface area (Å²) in [5.41, 5.74) is -2.65. The van der Waals surface area contributed by atoms with Crippen LogP contribution in [0.2, 0.25) is 0 Å². The fourth-order valence-corrected chi connectivity index (χ4v) is 2.90. The first kappa shape index (κ1) is 17.5. The van der Waals surface area contributed by atoms with Gasteiger partial charge >= 0.3 is 22.6 Å². The molecular formula is C11H13BrO9. The van der Waals surface area contributed by atoms with Gasteiger partial charge in [-0.15, -0.1) is 0 Å². The summed E-state index contributed by atoms with van der Waals surface area (Å²) in [6, 6.07) is 0. The van der Waals surface area contributed by atoms with Gasteiger partial charge in [-0.2, -0.15) is 0 Å². The summed E-state index contributed by atoms with van der Waals surface area (Å²) in [4.78, 5) is 45.9. The molecule has 0 bridgehead atoms. The lowest BCUT2D eigenvalue weighted by molar-refractivity contribution is -0.294. The molecule has 0 aromatic heterocycles. The fourth-order valence-electron chi connectivity index (χ4n) is 1.91. The fraction of sp³-hybridized carbons (Fsp3) is 0.636. The normalized spacial score (nSPS) is 35.6. The maximum absolute atomic E-state index is 12.0. The maximum Gasteiger partial charge on any atom is 0.364 e. The predicted molar refractivity (Wildman–Crippen MR) is 66.7 cm³/mol. The summed E-state index contributed by atoms with van der Waals surface area (Å²) in [5, 5.41) is 19.6. The molecule has 1 unspecified atom stereocenters. The van der Waals surface area contributed by atoms with Gasteiger partial charge in [0.1, 0.15) is 6.10 Å². The summed E-state index contributed by atoms with van der Waals surface area (Å²) in [5.74, 6) is -4.43. The zero-order valence-corrected chi connectivity index (χ0v) is 12.9. The second kappa shape index (κ2) is 5.70. The molecule has 1 saturated heterocycles. The Morgan fingerprint density at radius 1 is 1.14 bits per heavy atom. The molecule has 118 valence electrons. The van der Waals surface area contributed by atoms with Crippen molar-refractivity contribution in [3.8, 4) is 0 Å². The van der Waals surface area contributed by atoms with Crippen molar-refractivity contribution < 1.29 is 43.6 Å². The second-order valence-electron chi connectivity index (χ2n) is 4.33. The SMILES string of the molecule is CC(=O)OC1(Br)OC(=O)[C@@H](O)[C@H](O)[C@]1(OC(C)=O)C(C)=O. The van der Waals surface area contributed by atoms with E-state index in [0.717, 1.165) is 20.8 Å². The number of ether oxygens (including phenoxy) is 3. The van der Waals surface area contributed by atoms with Crippen LogP contribution in [0.5, 0.6) is 0 Å². The minimum absolute atomic E-state index is 0.900. The molecule has 10 heteroatoms. The molecule has 1 rings (SSSR count). The molecule has 1 aliphatic heterocycles. The van der Waals surface area contributed by atoms with Gasteiger partial charge in [0.05, 0.1) is 0 Å². The van der Waals surface area contributed by atoms with E-state index in [2.05, 4.69) is 20.7 Å². The van der Waals surface area contributed by atoms with E-state index in [0.29, 0.717) is 0 Å². The third-order valence-corrected chi connectivity index (χ3v) is 3.65. The molecular weight excluding hydrogens is 356 g/mol. The molecule has 1 fully saturated rings. The van der Waals surface area contributed by atoms with Crippen molar-refractivity contribution >= 4 is 39.6 Å². The van der Waals surface area contributed by atoms with Gasteiger partial charge in [-0.05, 0) is 6.92 Å². The van der Waals surface area contributed by atoms with Gasteiger partial charge < -0.3 is 24.4 Å². The molecule has 0 amide bonds. The summed E-state index contributed by atoms with van der Waals surface area (Å²) < 4.78 is 11.6. The summed E-state index contributed by atoms with van der Waals surface area (Å²) in [6.07, 6.45) is -4.38. The Labute approximate surface area is 127 Å². The lowest BCUT2D eigenvalue weighted by atomic mass is 9.85. The number of hydrogen-bond donors (Lipinski definition) is 2. The van der Waals surface area contributed by atoms with E-state index < -0.39 is 46.2 Å². The number of cyclic esters (lactones) is 1. The van der Waals surface area contributed by atoms with Crippen LogP contribution in [0.3, 0.4) is 0 Å². The van der Waals surface area contributed by atoms with Gasteiger partial charge in [-0.1, -0.05) is 0 Å². The summed E-state index contributed by atoms with van der Waals surface area (Å²) in [6.45, 7) is 2.76. The number of carbonyl (C=O) groups excluding carboxylic acids is 4. The van der Waals surface area contributed by atoms with Gasteiger partial charge in [0, 0.05) is 29.8 Å². The van der Waals surface area contributed by atoms with Crippen molar-refractivity contribution in [2.24, 2.45) is 0 Å². The minimum Gasteiger partial charge on any atom is -0.439 e. The Hall–Kier alpha value is -1.52.